The van der Waals surface area contributed by atoms with Gasteiger partial charge in [-0.3, -0.25) is 4.79 Å². The Morgan fingerprint density at radius 2 is 2.00 bits per heavy atom. The molecule has 0 fully saturated rings. The summed E-state index contributed by atoms with van der Waals surface area (Å²) in [7, 11) is 1.87. The first-order valence-corrected chi connectivity index (χ1v) is 7.56. The second-order valence-electron chi connectivity index (χ2n) is 5.00. The molecule has 0 saturated heterocycles. The van der Waals surface area contributed by atoms with Gasteiger partial charge in [0.1, 0.15) is 11.6 Å². The number of hydrogen-bond donors (Lipinski definition) is 1. The minimum Gasteiger partial charge on any atom is -0.345 e. The summed E-state index contributed by atoms with van der Waals surface area (Å²) >= 11 is 11.6. The number of aromatic nitrogens is 2. The van der Waals surface area contributed by atoms with Crippen LogP contribution >= 0.6 is 23.2 Å². The number of fused-ring (bicyclic) bond motifs is 1. The predicted molar refractivity (Wildman–Crippen MR) is 88.3 cm³/mol. The number of aryl methyl sites for hydroxylation is 1. The molecule has 3 rings (SSSR count). The van der Waals surface area contributed by atoms with E-state index in [0.717, 1.165) is 17.1 Å². The molecule has 2 aromatic carbocycles. The number of nitrogens with one attached hydrogen (secondary N) is 1. The Morgan fingerprint density at radius 1 is 1.26 bits per heavy atom. The Bertz CT molecular complexity index is 908. The molecule has 118 valence electrons. The number of nitrogens with zero attached hydrogens (tertiary/aromatic N) is 2. The third-order valence-electron chi connectivity index (χ3n) is 3.54. The van der Waals surface area contributed by atoms with Crippen molar-refractivity contribution >= 4 is 40.1 Å². The summed E-state index contributed by atoms with van der Waals surface area (Å²) in [6.45, 7) is 0.199. The molecular formula is C16H12Cl2FN3O. The van der Waals surface area contributed by atoms with Crippen molar-refractivity contribution in [1.29, 1.82) is 0 Å². The number of imidazole rings is 1. The molecule has 0 atom stereocenters. The molecule has 0 aliphatic rings. The van der Waals surface area contributed by atoms with Crippen LogP contribution in [0.3, 0.4) is 0 Å². The molecule has 0 saturated carbocycles. The number of rotatable bonds is 3. The molecule has 0 unspecified atom stereocenters. The van der Waals surface area contributed by atoms with Crippen LogP contribution in [0.1, 0.15) is 16.2 Å². The lowest BCUT2D eigenvalue weighted by Crippen LogP contribution is -2.24. The molecule has 0 spiro atoms. The third kappa shape index (κ3) is 3.02. The monoisotopic (exact) mass is 351 g/mol. The molecule has 7 heteroatoms. The molecule has 1 aromatic heterocycles. The van der Waals surface area contributed by atoms with Gasteiger partial charge in [-0.15, -0.1) is 0 Å². The highest BCUT2D eigenvalue weighted by molar-refractivity contribution is 6.36. The first kappa shape index (κ1) is 15.8. The lowest BCUT2D eigenvalue weighted by Gasteiger charge is -2.08. The lowest BCUT2D eigenvalue weighted by molar-refractivity contribution is 0.0949. The van der Waals surface area contributed by atoms with Gasteiger partial charge in [0.25, 0.3) is 5.91 Å². The van der Waals surface area contributed by atoms with E-state index in [-0.39, 0.29) is 22.2 Å². The second kappa shape index (κ2) is 6.18. The van der Waals surface area contributed by atoms with Gasteiger partial charge in [0.05, 0.1) is 33.2 Å². The summed E-state index contributed by atoms with van der Waals surface area (Å²) in [5.74, 6) is -0.494. The van der Waals surface area contributed by atoms with E-state index >= 15 is 0 Å². The summed E-state index contributed by atoms with van der Waals surface area (Å²) in [5.41, 5.74) is 1.84. The molecule has 1 heterocycles. The zero-order valence-electron chi connectivity index (χ0n) is 12.1. The SMILES string of the molecule is Cn1c(CNC(=O)c2cc(F)c(Cl)cc2Cl)nc2ccccc21. The van der Waals surface area contributed by atoms with Crippen LogP contribution < -0.4 is 5.32 Å². The van der Waals surface area contributed by atoms with E-state index in [9.17, 15) is 9.18 Å². The van der Waals surface area contributed by atoms with Gasteiger partial charge in [-0.05, 0) is 24.3 Å². The van der Waals surface area contributed by atoms with Crippen molar-refractivity contribution in [1.82, 2.24) is 14.9 Å². The minimum atomic E-state index is -0.691. The van der Waals surface area contributed by atoms with E-state index in [4.69, 9.17) is 23.2 Å². The van der Waals surface area contributed by atoms with Crippen molar-refractivity contribution in [3.05, 3.63) is 63.6 Å². The van der Waals surface area contributed by atoms with E-state index in [0.29, 0.717) is 5.82 Å². The van der Waals surface area contributed by atoms with Crippen molar-refractivity contribution in [2.45, 2.75) is 6.54 Å². The molecule has 0 radical (unpaired) electrons. The molecule has 0 aliphatic heterocycles. The summed E-state index contributed by atoms with van der Waals surface area (Å²) in [4.78, 5) is 16.6. The van der Waals surface area contributed by atoms with Crippen molar-refractivity contribution in [3.63, 3.8) is 0 Å². The van der Waals surface area contributed by atoms with Crippen molar-refractivity contribution in [2.75, 3.05) is 0 Å². The van der Waals surface area contributed by atoms with Gasteiger partial charge in [0, 0.05) is 7.05 Å². The largest absolute Gasteiger partial charge is 0.345 e. The van der Waals surface area contributed by atoms with Crippen molar-refractivity contribution in [2.24, 2.45) is 7.05 Å². The second-order valence-corrected chi connectivity index (χ2v) is 5.82. The maximum Gasteiger partial charge on any atom is 0.253 e. The topological polar surface area (TPSA) is 46.9 Å². The van der Waals surface area contributed by atoms with E-state index in [1.807, 2.05) is 35.9 Å². The predicted octanol–water partition coefficient (Wildman–Crippen LogP) is 3.95. The standard InChI is InChI=1S/C16H12Cl2FN3O/c1-22-14-5-3-2-4-13(14)21-15(22)8-20-16(23)9-6-12(19)11(18)7-10(9)17/h2-7H,8H2,1H3,(H,20,23). The quantitative estimate of drug-likeness (QED) is 0.726. The molecule has 3 aromatic rings. The summed E-state index contributed by atoms with van der Waals surface area (Å²) < 4.78 is 15.4. The lowest BCUT2D eigenvalue weighted by atomic mass is 10.2. The fourth-order valence-corrected chi connectivity index (χ4v) is 2.77. The molecule has 0 aliphatic carbocycles. The summed E-state index contributed by atoms with van der Waals surface area (Å²) in [6.07, 6.45) is 0. The highest BCUT2D eigenvalue weighted by atomic mass is 35.5. The van der Waals surface area contributed by atoms with E-state index in [1.54, 1.807) is 0 Å². The van der Waals surface area contributed by atoms with Gasteiger partial charge in [0.2, 0.25) is 0 Å². The molecule has 23 heavy (non-hydrogen) atoms. The minimum absolute atomic E-state index is 0.0346. The fourth-order valence-electron chi connectivity index (χ4n) is 2.30. The van der Waals surface area contributed by atoms with Crippen LogP contribution in [-0.4, -0.2) is 15.5 Å². The van der Waals surface area contributed by atoms with Crippen LogP contribution in [0.5, 0.6) is 0 Å². The smallest absolute Gasteiger partial charge is 0.253 e. The normalized spacial score (nSPS) is 11.0. The maximum absolute atomic E-state index is 13.5. The highest BCUT2D eigenvalue weighted by Crippen LogP contribution is 2.24. The van der Waals surface area contributed by atoms with Gasteiger partial charge in [-0.25, -0.2) is 9.37 Å². The Labute approximate surface area is 141 Å². The Morgan fingerprint density at radius 3 is 2.74 bits per heavy atom. The Kier molecular flexibility index (Phi) is 4.24. The fraction of sp³-hybridized carbons (Fsp3) is 0.125. The maximum atomic E-state index is 13.5. The Balaban J connectivity index is 1.81. The van der Waals surface area contributed by atoms with Gasteiger partial charge >= 0.3 is 0 Å². The van der Waals surface area contributed by atoms with Crippen LogP contribution in [0.2, 0.25) is 10.0 Å². The van der Waals surface area contributed by atoms with Crippen LogP contribution in [-0.2, 0) is 13.6 Å². The average molecular weight is 352 g/mol. The third-order valence-corrected chi connectivity index (χ3v) is 4.14. The van der Waals surface area contributed by atoms with Crippen LogP contribution in [0.4, 0.5) is 4.39 Å². The first-order chi connectivity index (χ1) is 11.0. The molecule has 4 nitrogen and oxygen atoms in total. The van der Waals surface area contributed by atoms with Crippen LogP contribution in [0, 0.1) is 5.82 Å². The number of benzene rings is 2. The van der Waals surface area contributed by atoms with Crippen LogP contribution in [0.25, 0.3) is 11.0 Å². The molecule has 0 bridgehead atoms. The number of hydrogen-bond acceptors (Lipinski definition) is 2. The van der Waals surface area contributed by atoms with Crippen molar-refractivity contribution < 1.29 is 9.18 Å². The zero-order valence-corrected chi connectivity index (χ0v) is 13.6. The van der Waals surface area contributed by atoms with Gasteiger partial charge < -0.3 is 9.88 Å². The van der Waals surface area contributed by atoms with E-state index < -0.39 is 11.7 Å². The molecular weight excluding hydrogens is 340 g/mol. The van der Waals surface area contributed by atoms with Gasteiger partial charge in [-0.1, -0.05) is 35.3 Å². The first-order valence-electron chi connectivity index (χ1n) is 6.80. The molecule has 1 N–H and O–H groups in total. The number of amides is 1. The van der Waals surface area contributed by atoms with E-state index in [1.165, 1.54) is 6.07 Å². The van der Waals surface area contributed by atoms with Crippen molar-refractivity contribution in [3.8, 4) is 0 Å². The number of carbonyl (C=O) groups is 1. The number of para-hydroxylation sites is 2. The van der Waals surface area contributed by atoms with E-state index in [2.05, 4.69) is 10.3 Å². The summed E-state index contributed by atoms with van der Waals surface area (Å²) in [5, 5.41) is 2.66. The average Bonchev–Trinajstić information content (AvgIpc) is 2.85. The number of carbonyl (C=O) groups excluding carboxylic acids is 1. The Hall–Kier alpha value is -2.11. The molecule has 1 amide bonds. The van der Waals surface area contributed by atoms with Gasteiger partial charge in [0.15, 0.2) is 0 Å². The highest BCUT2D eigenvalue weighted by Gasteiger charge is 2.15. The summed E-state index contributed by atoms with van der Waals surface area (Å²) in [6, 6.07) is 9.89. The van der Waals surface area contributed by atoms with Gasteiger partial charge in [-0.2, -0.15) is 0 Å². The van der Waals surface area contributed by atoms with Crippen LogP contribution in [0.15, 0.2) is 36.4 Å². The zero-order chi connectivity index (χ0) is 16.6. The number of halogens is 3.